The van der Waals surface area contributed by atoms with Crippen molar-refractivity contribution in [3.63, 3.8) is 0 Å². The number of benzene rings is 1. The van der Waals surface area contributed by atoms with Crippen LogP contribution in [0.3, 0.4) is 0 Å². The highest BCUT2D eigenvalue weighted by Crippen LogP contribution is 2.27. The van der Waals surface area contributed by atoms with E-state index >= 15 is 0 Å². The lowest BCUT2D eigenvalue weighted by molar-refractivity contribution is 0.195. The van der Waals surface area contributed by atoms with Crippen molar-refractivity contribution < 1.29 is 4.74 Å². The quantitative estimate of drug-likeness (QED) is 0.895. The third kappa shape index (κ3) is 2.41. The number of nitrogens with one attached hydrogen (secondary N) is 1. The first-order valence-electron chi connectivity index (χ1n) is 4.55. The summed E-state index contributed by atoms with van der Waals surface area (Å²) in [7, 11) is 0. The van der Waals surface area contributed by atoms with Crippen molar-refractivity contribution >= 4 is 33.2 Å². The minimum atomic E-state index is 0.424. The average Bonchev–Trinajstić information content (AvgIpc) is 2.62. The van der Waals surface area contributed by atoms with Crippen LogP contribution in [0.4, 0.5) is 5.69 Å². The van der Waals surface area contributed by atoms with Gasteiger partial charge in [0.15, 0.2) is 0 Å². The molecule has 4 heteroatoms. The van der Waals surface area contributed by atoms with Crippen LogP contribution in [0.5, 0.6) is 0 Å². The zero-order valence-corrected chi connectivity index (χ0v) is 9.94. The van der Waals surface area contributed by atoms with Gasteiger partial charge < -0.3 is 10.1 Å². The number of ether oxygens (including phenoxy) is 1. The molecule has 1 heterocycles. The highest BCUT2D eigenvalue weighted by molar-refractivity contribution is 9.10. The highest BCUT2D eigenvalue weighted by Gasteiger charge is 2.15. The third-order valence-electron chi connectivity index (χ3n) is 2.22. The average molecular weight is 277 g/mol. The van der Waals surface area contributed by atoms with E-state index < -0.39 is 0 Å². The molecule has 0 amide bonds. The smallest absolute Gasteiger partial charge is 0.0668 e. The number of anilines is 1. The topological polar surface area (TPSA) is 21.3 Å². The molecule has 0 aromatic heterocycles. The van der Waals surface area contributed by atoms with Gasteiger partial charge in [-0.1, -0.05) is 11.6 Å². The summed E-state index contributed by atoms with van der Waals surface area (Å²) in [5.41, 5.74) is 1.07. The Morgan fingerprint density at radius 1 is 1.50 bits per heavy atom. The van der Waals surface area contributed by atoms with Gasteiger partial charge in [0.25, 0.3) is 0 Å². The van der Waals surface area contributed by atoms with Crippen molar-refractivity contribution in [2.45, 2.75) is 12.5 Å². The first-order chi connectivity index (χ1) is 6.75. The van der Waals surface area contributed by atoms with Gasteiger partial charge in [0.05, 0.1) is 12.6 Å². The Morgan fingerprint density at radius 2 is 2.36 bits per heavy atom. The Balaban J connectivity index is 2.08. The first-order valence-corrected chi connectivity index (χ1v) is 5.72. The molecule has 1 aliphatic heterocycles. The molecular weight excluding hydrogens is 265 g/mol. The van der Waals surface area contributed by atoms with Gasteiger partial charge in [-0.2, -0.15) is 0 Å². The minimum Gasteiger partial charge on any atom is -0.379 e. The normalized spacial score (nSPS) is 21.1. The fourth-order valence-corrected chi connectivity index (χ4v) is 2.27. The van der Waals surface area contributed by atoms with Crippen LogP contribution >= 0.6 is 27.5 Å². The summed E-state index contributed by atoms with van der Waals surface area (Å²) in [6.07, 6.45) is 1.06. The maximum absolute atomic E-state index is 5.85. The molecule has 0 bridgehead atoms. The standard InChI is InChI=1S/C10H11BrClNO/c11-9-5-7(12)1-2-10(9)13-8-3-4-14-6-8/h1-2,5,8,13H,3-4,6H2. The Bertz CT molecular complexity index is 326. The van der Waals surface area contributed by atoms with E-state index in [-0.39, 0.29) is 0 Å². The van der Waals surface area contributed by atoms with Crippen LogP contribution in [-0.4, -0.2) is 19.3 Å². The van der Waals surface area contributed by atoms with E-state index in [9.17, 15) is 0 Å². The number of rotatable bonds is 2. The zero-order valence-electron chi connectivity index (χ0n) is 7.59. The molecule has 0 radical (unpaired) electrons. The molecule has 0 saturated carbocycles. The molecule has 1 unspecified atom stereocenters. The van der Waals surface area contributed by atoms with Gasteiger partial charge >= 0.3 is 0 Å². The van der Waals surface area contributed by atoms with E-state index in [2.05, 4.69) is 21.2 Å². The van der Waals surface area contributed by atoms with E-state index in [0.29, 0.717) is 6.04 Å². The molecule has 0 spiro atoms. The second kappa shape index (κ2) is 4.51. The van der Waals surface area contributed by atoms with E-state index in [1.807, 2.05) is 18.2 Å². The predicted octanol–water partition coefficient (Wildman–Crippen LogP) is 3.30. The molecule has 1 saturated heterocycles. The number of hydrogen-bond acceptors (Lipinski definition) is 2. The molecule has 0 aliphatic carbocycles. The van der Waals surface area contributed by atoms with E-state index in [0.717, 1.165) is 34.8 Å². The molecular formula is C10H11BrClNO. The van der Waals surface area contributed by atoms with Crippen LogP contribution in [-0.2, 0) is 4.74 Å². The molecule has 1 aromatic carbocycles. The van der Waals surface area contributed by atoms with Gasteiger partial charge in [0.1, 0.15) is 0 Å². The van der Waals surface area contributed by atoms with E-state index in [1.54, 1.807) is 0 Å². The van der Waals surface area contributed by atoms with Crippen molar-refractivity contribution in [2.24, 2.45) is 0 Å². The summed E-state index contributed by atoms with van der Waals surface area (Å²) in [4.78, 5) is 0. The van der Waals surface area contributed by atoms with Gasteiger partial charge in [0.2, 0.25) is 0 Å². The van der Waals surface area contributed by atoms with Gasteiger partial charge in [-0.3, -0.25) is 0 Å². The van der Waals surface area contributed by atoms with Crippen LogP contribution in [0.2, 0.25) is 5.02 Å². The molecule has 2 nitrogen and oxygen atoms in total. The maximum Gasteiger partial charge on any atom is 0.0668 e. The highest BCUT2D eigenvalue weighted by atomic mass is 79.9. The second-order valence-electron chi connectivity index (χ2n) is 3.33. The van der Waals surface area contributed by atoms with Crippen LogP contribution < -0.4 is 5.32 Å². The molecule has 1 aliphatic rings. The fraction of sp³-hybridized carbons (Fsp3) is 0.400. The van der Waals surface area contributed by atoms with Gasteiger partial charge in [0, 0.05) is 21.8 Å². The number of hydrogen-bond donors (Lipinski definition) is 1. The second-order valence-corrected chi connectivity index (χ2v) is 4.62. The Hall–Kier alpha value is -0.250. The van der Waals surface area contributed by atoms with E-state index in [4.69, 9.17) is 16.3 Å². The molecule has 1 aromatic rings. The van der Waals surface area contributed by atoms with Crippen molar-refractivity contribution in [1.82, 2.24) is 0 Å². The molecule has 1 fully saturated rings. The Labute approximate surface area is 96.7 Å². The summed E-state index contributed by atoms with van der Waals surface area (Å²) >= 11 is 9.32. The summed E-state index contributed by atoms with van der Waals surface area (Å²) < 4.78 is 6.29. The molecule has 14 heavy (non-hydrogen) atoms. The van der Waals surface area contributed by atoms with Crippen molar-refractivity contribution in [1.29, 1.82) is 0 Å². The van der Waals surface area contributed by atoms with Crippen molar-refractivity contribution in [3.05, 3.63) is 27.7 Å². The SMILES string of the molecule is Clc1ccc(NC2CCOC2)c(Br)c1. The number of halogens is 2. The fourth-order valence-electron chi connectivity index (χ4n) is 1.47. The molecule has 1 atom stereocenters. The lowest BCUT2D eigenvalue weighted by atomic mass is 10.2. The van der Waals surface area contributed by atoms with Crippen molar-refractivity contribution in [3.8, 4) is 0 Å². The summed E-state index contributed by atoms with van der Waals surface area (Å²) in [5.74, 6) is 0. The first kappa shape index (κ1) is 10.3. The minimum absolute atomic E-state index is 0.424. The van der Waals surface area contributed by atoms with E-state index in [1.165, 1.54) is 0 Å². The summed E-state index contributed by atoms with van der Waals surface area (Å²) in [6, 6.07) is 6.17. The molecule has 2 rings (SSSR count). The largest absolute Gasteiger partial charge is 0.379 e. The van der Waals surface area contributed by atoms with Gasteiger partial charge in [-0.25, -0.2) is 0 Å². The van der Waals surface area contributed by atoms with Crippen LogP contribution in [0.25, 0.3) is 0 Å². The lowest BCUT2D eigenvalue weighted by Crippen LogP contribution is -2.18. The van der Waals surface area contributed by atoms with Crippen LogP contribution in [0, 0.1) is 0 Å². The lowest BCUT2D eigenvalue weighted by Gasteiger charge is -2.13. The van der Waals surface area contributed by atoms with Gasteiger partial charge in [-0.05, 0) is 40.5 Å². The Kier molecular flexibility index (Phi) is 3.31. The van der Waals surface area contributed by atoms with Crippen LogP contribution in [0.15, 0.2) is 22.7 Å². The summed E-state index contributed by atoms with van der Waals surface area (Å²) in [5, 5.41) is 4.15. The van der Waals surface area contributed by atoms with Crippen molar-refractivity contribution in [2.75, 3.05) is 18.5 Å². The molecule has 76 valence electrons. The third-order valence-corrected chi connectivity index (χ3v) is 3.11. The maximum atomic E-state index is 5.85. The monoisotopic (exact) mass is 275 g/mol. The Morgan fingerprint density at radius 3 is 3.00 bits per heavy atom. The van der Waals surface area contributed by atoms with Gasteiger partial charge in [-0.15, -0.1) is 0 Å². The van der Waals surface area contributed by atoms with Crippen LogP contribution in [0.1, 0.15) is 6.42 Å². The summed E-state index contributed by atoms with van der Waals surface area (Å²) in [6.45, 7) is 1.64. The molecule has 1 N–H and O–H groups in total. The zero-order chi connectivity index (χ0) is 9.97. The predicted molar refractivity (Wildman–Crippen MR) is 62.0 cm³/mol.